The smallest absolute Gasteiger partial charge is 0.163 e. The molecule has 1 fully saturated rings. The summed E-state index contributed by atoms with van der Waals surface area (Å²) in [5.41, 5.74) is 0.915. The van der Waals surface area contributed by atoms with Crippen LogP contribution in [0.25, 0.3) is 0 Å². The molecule has 0 radical (unpaired) electrons. The van der Waals surface area contributed by atoms with Crippen LogP contribution >= 0.6 is 0 Å². The fraction of sp³-hybridized carbons (Fsp3) is 0.357. The van der Waals surface area contributed by atoms with Gasteiger partial charge < -0.3 is 19.3 Å². The van der Waals surface area contributed by atoms with E-state index in [1.807, 2.05) is 75.4 Å². The molecule has 1 aliphatic heterocycles. The van der Waals surface area contributed by atoms with Crippen molar-refractivity contribution in [2.75, 3.05) is 13.2 Å². The average Bonchev–Trinajstić information content (AvgIpc) is 3.22. The SMILES string of the molecule is CC[C@@](O)(COC(c1ccccc1)(c1ccccc1)c1ccccc1)[C@@H]1COC(C)(C)O1. The van der Waals surface area contributed by atoms with E-state index in [4.69, 9.17) is 14.2 Å². The normalized spacial score (nSPS) is 20.1. The van der Waals surface area contributed by atoms with Gasteiger partial charge in [0.15, 0.2) is 5.79 Å². The molecule has 4 rings (SSSR count). The monoisotopic (exact) mass is 432 g/mol. The molecule has 32 heavy (non-hydrogen) atoms. The molecule has 3 aromatic carbocycles. The maximum Gasteiger partial charge on any atom is 0.163 e. The average molecular weight is 433 g/mol. The molecule has 0 aliphatic carbocycles. The topological polar surface area (TPSA) is 47.9 Å². The molecule has 0 bridgehead atoms. The predicted octanol–water partition coefficient (Wildman–Crippen LogP) is 5.29. The zero-order valence-electron chi connectivity index (χ0n) is 19.0. The third kappa shape index (κ3) is 4.37. The van der Waals surface area contributed by atoms with Crippen molar-refractivity contribution in [3.63, 3.8) is 0 Å². The second kappa shape index (κ2) is 9.16. The van der Waals surface area contributed by atoms with E-state index < -0.39 is 23.1 Å². The van der Waals surface area contributed by atoms with E-state index in [1.165, 1.54) is 0 Å². The number of ether oxygens (including phenoxy) is 3. The molecule has 0 amide bonds. The summed E-state index contributed by atoms with van der Waals surface area (Å²) < 4.78 is 18.6. The van der Waals surface area contributed by atoms with Gasteiger partial charge in [0.1, 0.15) is 17.3 Å². The lowest BCUT2D eigenvalue weighted by molar-refractivity contribution is -0.190. The van der Waals surface area contributed by atoms with Crippen molar-refractivity contribution in [3.05, 3.63) is 108 Å². The molecule has 1 saturated heterocycles. The molecular formula is C28H32O4. The quantitative estimate of drug-likeness (QED) is 0.492. The van der Waals surface area contributed by atoms with E-state index in [9.17, 15) is 5.11 Å². The number of hydrogen-bond acceptors (Lipinski definition) is 4. The summed E-state index contributed by atoms with van der Waals surface area (Å²) in [4.78, 5) is 0. The Bertz CT molecular complexity index is 891. The van der Waals surface area contributed by atoms with E-state index in [2.05, 4.69) is 36.4 Å². The fourth-order valence-electron chi connectivity index (χ4n) is 4.38. The number of benzene rings is 3. The summed E-state index contributed by atoms with van der Waals surface area (Å²) in [7, 11) is 0. The van der Waals surface area contributed by atoms with E-state index in [0.29, 0.717) is 13.0 Å². The summed E-state index contributed by atoms with van der Waals surface area (Å²) in [5.74, 6) is -0.719. The first kappa shape index (κ1) is 22.7. The van der Waals surface area contributed by atoms with Crippen molar-refractivity contribution in [2.24, 2.45) is 0 Å². The second-order valence-corrected chi connectivity index (χ2v) is 8.84. The molecule has 3 aromatic rings. The number of hydrogen-bond donors (Lipinski definition) is 1. The van der Waals surface area contributed by atoms with Crippen molar-refractivity contribution in [2.45, 2.75) is 50.3 Å². The summed E-state index contributed by atoms with van der Waals surface area (Å²) >= 11 is 0. The highest BCUT2D eigenvalue weighted by Gasteiger charge is 2.48. The van der Waals surface area contributed by atoms with E-state index >= 15 is 0 Å². The van der Waals surface area contributed by atoms with Gasteiger partial charge in [-0.15, -0.1) is 0 Å². The Hall–Kier alpha value is -2.50. The van der Waals surface area contributed by atoms with Gasteiger partial charge in [0.2, 0.25) is 0 Å². The lowest BCUT2D eigenvalue weighted by Gasteiger charge is -2.40. The molecule has 0 aromatic heterocycles. The van der Waals surface area contributed by atoms with Crippen LogP contribution in [0.15, 0.2) is 91.0 Å². The molecular weight excluding hydrogens is 400 g/mol. The number of aliphatic hydroxyl groups is 1. The minimum Gasteiger partial charge on any atom is -0.385 e. The molecule has 1 heterocycles. The highest BCUT2D eigenvalue weighted by atomic mass is 16.7. The van der Waals surface area contributed by atoms with Gasteiger partial charge in [-0.3, -0.25) is 0 Å². The lowest BCUT2D eigenvalue weighted by atomic mass is 9.79. The van der Waals surface area contributed by atoms with Crippen LogP contribution in [0.5, 0.6) is 0 Å². The van der Waals surface area contributed by atoms with Crippen molar-refractivity contribution < 1.29 is 19.3 Å². The van der Waals surface area contributed by atoms with Gasteiger partial charge in [-0.25, -0.2) is 0 Å². The Kier molecular flexibility index (Phi) is 6.50. The Morgan fingerprint density at radius 1 is 0.844 bits per heavy atom. The van der Waals surface area contributed by atoms with Crippen LogP contribution in [0.2, 0.25) is 0 Å². The summed E-state index contributed by atoms with van der Waals surface area (Å²) in [5, 5.41) is 11.6. The minimum atomic E-state index is -1.20. The summed E-state index contributed by atoms with van der Waals surface area (Å²) in [6, 6.07) is 30.5. The summed E-state index contributed by atoms with van der Waals surface area (Å²) in [6.07, 6.45) is 0.00785. The molecule has 2 atom stereocenters. The van der Waals surface area contributed by atoms with Crippen molar-refractivity contribution in [3.8, 4) is 0 Å². The third-order valence-electron chi connectivity index (χ3n) is 6.30. The Labute approximate surface area is 190 Å². The molecule has 0 unspecified atom stereocenters. The van der Waals surface area contributed by atoms with E-state index in [-0.39, 0.29) is 6.61 Å². The van der Waals surface area contributed by atoms with Crippen LogP contribution in [-0.4, -0.2) is 35.8 Å². The van der Waals surface area contributed by atoms with E-state index in [0.717, 1.165) is 16.7 Å². The van der Waals surface area contributed by atoms with Gasteiger partial charge in [0.25, 0.3) is 0 Å². The fourth-order valence-corrected chi connectivity index (χ4v) is 4.38. The van der Waals surface area contributed by atoms with Gasteiger partial charge in [-0.1, -0.05) is 97.9 Å². The summed E-state index contributed by atoms with van der Waals surface area (Å²) in [6.45, 7) is 6.10. The van der Waals surface area contributed by atoms with Gasteiger partial charge in [0.05, 0.1) is 13.2 Å². The maximum atomic E-state index is 11.6. The van der Waals surface area contributed by atoms with Crippen molar-refractivity contribution >= 4 is 0 Å². The third-order valence-corrected chi connectivity index (χ3v) is 6.30. The molecule has 168 valence electrons. The molecule has 1 aliphatic rings. The standard InChI is InChI=1S/C28H32O4/c1-4-27(29,25-20-30-26(2,3)32-25)21-31-28(22-14-8-5-9-15-22,23-16-10-6-11-17-23)24-18-12-7-13-19-24/h5-19,25,29H,4,20-21H2,1-3H3/t25-,27+/m0/s1. The van der Waals surface area contributed by atoms with Crippen molar-refractivity contribution in [1.82, 2.24) is 0 Å². The second-order valence-electron chi connectivity index (χ2n) is 8.84. The van der Waals surface area contributed by atoms with Crippen LogP contribution in [0.3, 0.4) is 0 Å². The van der Waals surface area contributed by atoms with Gasteiger partial charge in [0, 0.05) is 0 Å². The van der Waals surface area contributed by atoms with Crippen LogP contribution in [-0.2, 0) is 19.8 Å². The van der Waals surface area contributed by atoms with Gasteiger partial charge in [-0.2, -0.15) is 0 Å². The van der Waals surface area contributed by atoms with Crippen LogP contribution in [0, 0.1) is 0 Å². The maximum absolute atomic E-state index is 11.6. The van der Waals surface area contributed by atoms with Gasteiger partial charge >= 0.3 is 0 Å². The Morgan fingerprint density at radius 2 is 1.28 bits per heavy atom. The first-order chi connectivity index (χ1) is 15.4. The Balaban J connectivity index is 1.79. The van der Waals surface area contributed by atoms with Crippen molar-refractivity contribution in [1.29, 1.82) is 0 Å². The molecule has 4 nitrogen and oxygen atoms in total. The Morgan fingerprint density at radius 3 is 1.62 bits per heavy atom. The van der Waals surface area contributed by atoms with Crippen LogP contribution in [0.1, 0.15) is 43.9 Å². The first-order valence-electron chi connectivity index (χ1n) is 11.2. The highest BCUT2D eigenvalue weighted by Crippen LogP contribution is 2.42. The highest BCUT2D eigenvalue weighted by molar-refractivity contribution is 5.47. The molecule has 0 spiro atoms. The van der Waals surface area contributed by atoms with Gasteiger partial charge in [-0.05, 0) is 37.0 Å². The van der Waals surface area contributed by atoms with Crippen LogP contribution < -0.4 is 0 Å². The van der Waals surface area contributed by atoms with E-state index in [1.54, 1.807) is 0 Å². The van der Waals surface area contributed by atoms with Crippen LogP contribution in [0.4, 0.5) is 0 Å². The molecule has 1 N–H and O–H groups in total. The first-order valence-corrected chi connectivity index (χ1v) is 11.2. The predicted molar refractivity (Wildman–Crippen MR) is 125 cm³/mol. The minimum absolute atomic E-state index is 0.0896. The zero-order chi connectivity index (χ0) is 22.7. The zero-order valence-corrected chi connectivity index (χ0v) is 19.0. The lowest BCUT2D eigenvalue weighted by Crippen LogP contribution is -2.50. The molecule has 4 heteroatoms. The molecule has 0 saturated carbocycles. The number of rotatable bonds is 8. The largest absolute Gasteiger partial charge is 0.385 e.